The lowest BCUT2D eigenvalue weighted by Crippen LogP contribution is -2.49. The number of aromatic nitrogens is 2. The van der Waals surface area contributed by atoms with Gasteiger partial charge >= 0.3 is 6.09 Å². The second-order valence-corrected chi connectivity index (χ2v) is 10.8. The van der Waals surface area contributed by atoms with Gasteiger partial charge in [0.1, 0.15) is 22.3 Å². The number of carbonyl (C=O) groups is 1. The normalized spacial score (nSPS) is 17.0. The summed E-state index contributed by atoms with van der Waals surface area (Å²) < 4.78 is 26.0. The van der Waals surface area contributed by atoms with Gasteiger partial charge < -0.3 is 19.9 Å². The van der Waals surface area contributed by atoms with Crippen molar-refractivity contribution in [1.29, 1.82) is 0 Å². The van der Waals surface area contributed by atoms with Crippen LogP contribution in [0.3, 0.4) is 0 Å². The highest BCUT2D eigenvalue weighted by atomic mass is 35.5. The maximum absolute atomic E-state index is 14.9. The zero-order valence-corrected chi connectivity index (χ0v) is 22.3. The van der Waals surface area contributed by atoms with E-state index in [0.717, 1.165) is 16.2 Å². The SMILES string of the molecule is CC(C)Nc1ccc(-c2nnc(-c3cc(F)c(OCC4COC(C)(C)N4C(=O)O)cc3Cl)s2)cc1Cl. The molecule has 0 spiro atoms. The molecule has 0 bridgehead atoms. The molecule has 3 aromatic rings. The molecule has 0 radical (unpaired) electrons. The summed E-state index contributed by atoms with van der Waals surface area (Å²) in [6.07, 6.45) is -1.14. The lowest BCUT2D eigenvalue weighted by Gasteiger charge is -2.30. The fourth-order valence-electron chi connectivity index (χ4n) is 3.91. The first-order valence-electron chi connectivity index (χ1n) is 11.1. The fraction of sp³-hybridized carbons (Fsp3) is 0.375. The average molecular weight is 555 g/mol. The van der Waals surface area contributed by atoms with Crippen LogP contribution in [0.2, 0.25) is 10.0 Å². The molecule has 1 aliphatic rings. The number of rotatable bonds is 7. The standard InChI is InChI=1S/C24H25Cl2FN4O4S/c1-12(2)28-19-6-5-13(7-17(19)26)21-29-30-22(36-21)15-8-18(27)20(9-16(15)25)34-10-14-11-35-24(3,4)31(14)23(32)33/h5-9,12,14,28H,10-11H2,1-4H3,(H,32,33). The molecule has 4 rings (SSSR count). The van der Waals surface area contributed by atoms with Crippen LogP contribution in [0.25, 0.3) is 21.1 Å². The minimum atomic E-state index is -1.14. The zero-order chi connectivity index (χ0) is 26.2. The van der Waals surface area contributed by atoms with Crippen LogP contribution >= 0.6 is 34.5 Å². The largest absolute Gasteiger partial charge is 0.488 e. The minimum Gasteiger partial charge on any atom is -0.488 e. The van der Waals surface area contributed by atoms with Gasteiger partial charge in [-0.3, -0.25) is 4.90 Å². The summed E-state index contributed by atoms with van der Waals surface area (Å²) in [5.41, 5.74) is 0.969. The highest BCUT2D eigenvalue weighted by Gasteiger charge is 2.44. The number of amides is 1. The Labute approximate surface area is 222 Å². The molecule has 2 heterocycles. The van der Waals surface area contributed by atoms with Crippen LogP contribution in [0.15, 0.2) is 30.3 Å². The number of nitrogens with zero attached hydrogens (tertiary/aromatic N) is 3. The maximum atomic E-state index is 14.9. The summed E-state index contributed by atoms with van der Waals surface area (Å²) in [5.74, 6) is -0.748. The van der Waals surface area contributed by atoms with Gasteiger partial charge in [0, 0.05) is 23.2 Å². The Morgan fingerprint density at radius 3 is 2.67 bits per heavy atom. The molecule has 8 nitrogen and oxygen atoms in total. The number of hydrogen-bond acceptors (Lipinski definition) is 7. The predicted octanol–water partition coefficient (Wildman–Crippen LogP) is 6.63. The van der Waals surface area contributed by atoms with E-state index in [2.05, 4.69) is 15.5 Å². The summed E-state index contributed by atoms with van der Waals surface area (Å²) in [5, 5.41) is 23.0. The van der Waals surface area contributed by atoms with Crippen molar-refractivity contribution in [1.82, 2.24) is 15.1 Å². The molecule has 0 aliphatic carbocycles. The van der Waals surface area contributed by atoms with E-state index in [-0.39, 0.29) is 30.0 Å². The number of ether oxygens (including phenoxy) is 2. The molecule has 1 unspecified atom stereocenters. The first-order valence-corrected chi connectivity index (χ1v) is 12.7. The molecule has 1 amide bonds. The maximum Gasteiger partial charge on any atom is 0.410 e. The molecule has 1 atom stereocenters. The molecule has 1 fully saturated rings. The monoisotopic (exact) mass is 554 g/mol. The molecule has 192 valence electrons. The molecule has 2 N–H and O–H groups in total. The van der Waals surface area contributed by atoms with Crippen molar-refractivity contribution in [3.8, 4) is 26.9 Å². The van der Waals surface area contributed by atoms with E-state index in [1.807, 2.05) is 26.0 Å². The Morgan fingerprint density at radius 1 is 1.28 bits per heavy atom. The molecular formula is C24H25Cl2FN4O4S. The highest BCUT2D eigenvalue weighted by Crippen LogP contribution is 2.38. The molecule has 1 aliphatic heterocycles. The summed E-state index contributed by atoms with van der Waals surface area (Å²) in [7, 11) is 0. The first kappa shape index (κ1) is 26.4. The van der Waals surface area contributed by atoms with Crippen LogP contribution in [0.4, 0.5) is 14.9 Å². The van der Waals surface area contributed by atoms with Crippen molar-refractivity contribution >= 4 is 46.3 Å². The van der Waals surface area contributed by atoms with Gasteiger partial charge in [-0.05, 0) is 52.0 Å². The quantitative estimate of drug-likeness (QED) is 0.338. The number of hydrogen-bond donors (Lipinski definition) is 2. The molecule has 12 heteroatoms. The van der Waals surface area contributed by atoms with Gasteiger partial charge in [-0.25, -0.2) is 9.18 Å². The van der Waals surface area contributed by atoms with Gasteiger partial charge in [0.25, 0.3) is 0 Å². The van der Waals surface area contributed by atoms with Gasteiger partial charge in [-0.15, -0.1) is 10.2 Å². The molecule has 0 saturated carbocycles. The molecule has 1 saturated heterocycles. The van der Waals surface area contributed by atoms with E-state index in [1.54, 1.807) is 19.9 Å². The Kier molecular flexibility index (Phi) is 7.61. The van der Waals surface area contributed by atoms with Crippen LogP contribution in [0.5, 0.6) is 5.75 Å². The van der Waals surface area contributed by atoms with Crippen LogP contribution in [0, 0.1) is 5.82 Å². The van der Waals surface area contributed by atoms with E-state index in [1.165, 1.54) is 23.5 Å². The summed E-state index contributed by atoms with van der Waals surface area (Å²) >= 11 is 14.1. The second-order valence-electron chi connectivity index (χ2n) is 9.04. The van der Waals surface area contributed by atoms with E-state index in [4.69, 9.17) is 32.7 Å². The topological polar surface area (TPSA) is 96.8 Å². The van der Waals surface area contributed by atoms with Crippen LogP contribution < -0.4 is 10.1 Å². The zero-order valence-electron chi connectivity index (χ0n) is 20.0. The van der Waals surface area contributed by atoms with Gasteiger partial charge in [0.05, 0.1) is 28.4 Å². The third-order valence-corrected chi connectivity index (χ3v) is 7.18. The van der Waals surface area contributed by atoms with Crippen molar-refractivity contribution in [3.05, 3.63) is 46.2 Å². The number of halogens is 3. The summed E-state index contributed by atoms with van der Waals surface area (Å²) in [6, 6.07) is 7.78. The van der Waals surface area contributed by atoms with Gasteiger partial charge in [-0.1, -0.05) is 34.5 Å². The number of carboxylic acid groups (broad SMARTS) is 1. The van der Waals surface area contributed by atoms with Crippen molar-refractivity contribution in [2.75, 3.05) is 18.5 Å². The third kappa shape index (κ3) is 5.51. The Morgan fingerprint density at radius 2 is 2.00 bits per heavy atom. The summed E-state index contributed by atoms with van der Waals surface area (Å²) in [4.78, 5) is 12.8. The van der Waals surface area contributed by atoms with E-state index >= 15 is 0 Å². The number of anilines is 1. The van der Waals surface area contributed by atoms with E-state index < -0.39 is 23.7 Å². The highest BCUT2D eigenvalue weighted by molar-refractivity contribution is 7.18. The molecule has 2 aromatic carbocycles. The lowest BCUT2D eigenvalue weighted by atomic mass is 10.2. The third-order valence-electron chi connectivity index (χ3n) is 5.55. The fourth-order valence-corrected chi connectivity index (χ4v) is 5.31. The Bertz CT molecular complexity index is 1290. The van der Waals surface area contributed by atoms with Gasteiger partial charge in [0.2, 0.25) is 0 Å². The van der Waals surface area contributed by atoms with Crippen molar-refractivity contribution in [3.63, 3.8) is 0 Å². The minimum absolute atomic E-state index is 0.0896. The van der Waals surface area contributed by atoms with E-state index in [0.29, 0.717) is 20.6 Å². The van der Waals surface area contributed by atoms with Gasteiger partial charge in [0.15, 0.2) is 11.6 Å². The smallest absolute Gasteiger partial charge is 0.410 e. The molecule has 1 aromatic heterocycles. The van der Waals surface area contributed by atoms with Crippen molar-refractivity contribution in [2.24, 2.45) is 0 Å². The Hall–Kier alpha value is -2.66. The van der Waals surface area contributed by atoms with Crippen LogP contribution in [-0.4, -0.2) is 57.3 Å². The van der Waals surface area contributed by atoms with E-state index in [9.17, 15) is 14.3 Å². The number of benzene rings is 2. The van der Waals surface area contributed by atoms with Crippen molar-refractivity contribution < 1.29 is 23.8 Å². The summed E-state index contributed by atoms with van der Waals surface area (Å²) in [6.45, 7) is 7.39. The van der Waals surface area contributed by atoms with Gasteiger partial charge in [-0.2, -0.15) is 0 Å². The van der Waals surface area contributed by atoms with Crippen LogP contribution in [0.1, 0.15) is 27.7 Å². The number of nitrogens with one attached hydrogen (secondary N) is 1. The Balaban J connectivity index is 1.51. The molecule has 36 heavy (non-hydrogen) atoms. The predicted molar refractivity (Wildman–Crippen MR) is 139 cm³/mol. The first-order chi connectivity index (χ1) is 17.0. The average Bonchev–Trinajstić information content (AvgIpc) is 3.39. The second kappa shape index (κ2) is 10.4. The van der Waals surface area contributed by atoms with Crippen molar-refractivity contribution in [2.45, 2.75) is 45.5 Å². The molecular weight excluding hydrogens is 530 g/mol. The van der Waals surface area contributed by atoms with Crippen LogP contribution in [-0.2, 0) is 4.74 Å². The lowest BCUT2D eigenvalue weighted by molar-refractivity contribution is -0.0430.